The normalized spacial score (nSPS) is 15.4. The number of benzene rings is 1. The molecule has 0 bridgehead atoms. The summed E-state index contributed by atoms with van der Waals surface area (Å²) in [5.74, 6) is 0.255. The molecule has 0 aromatic heterocycles. The maximum atomic E-state index is 12.3. The highest BCUT2D eigenvalue weighted by Gasteiger charge is 2.25. The molecule has 1 N–H and O–H groups in total. The van der Waals surface area contributed by atoms with E-state index >= 15 is 0 Å². The van der Waals surface area contributed by atoms with Crippen molar-refractivity contribution >= 4 is 29.5 Å². The molecule has 1 fully saturated rings. The van der Waals surface area contributed by atoms with Gasteiger partial charge in [0.15, 0.2) is 0 Å². The van der Waals surface area contributed by atoms with Crippen molar-refractivity contribution in [1.82, 2.24) is 10.2 Å². The number of hydrogen-bond donors (Lipinski definition) is 1. The molecule has 0 unspecified atom stereocenters. The third-order valence-corrected chi connectivity index (χ3v) is 4.66. The summed E-state index contributed by atoms with van der Waals surface area (Å²) in [5.41, 5.74) is 1.93. The molecule has 0 aliphatic carbocycles. The average Bonchev–Trinajstić information content (AvgIpc) is 2.91. The molecule has 1 aliphatic heterocycles. The van der Waals surface area contributed by atoms with E-state index in [1.54, 1.807) is 13.8 Å². The smallest absolute Gasteiger partial charge is 0.308 e. The first-order valence-corrected chi connectivity index (χ1v) is 9.41. The molecule has 25 heavy (non-hydrogen) atoms. The fraction of sp³-hybridized carbons (Fsp3) is 0.500. The van der Waals surface area contributed by atoms with Gasteiger partial charge in [0.1, 0.15) is 6.54 Å². The molecule has 0 spiro atoms. The largest absolute Gasteiger partial charge is 0.463 e. The van der Waals surface area contributed by atoms with Gasteiger partial charge in [-0.25, -0.2) is 0 Å². The molecule has 1 aliphatic rings. The molecule has 0 saturated carbocycles. The van der Waals surface area contributed by atoms with Crippen molar-refractivity contribution in [2.24, 2.45) is 0 Å². The Bertz CT molecular complexity index is 630. The van der Waals surface area contributed by atoms with Gasteiger partial charge in [0, 0.05) is 0 Å². The van der Waals surface area contributed by atoms with Gasteiger partial charge in [0.05, 0.1) is 30.2 Å². The number of carbonyl (C=O) groups excluding carboxylic acids is 3. The number of hydrogen-bond acceptors (Lipinski definition) is 5. The number of rotatable bonds is 7. The van der Waals surface area contributed by atoms with Crippen LogP contribution in [0.3, 0.4) is 0 Å². The maximum Gasteiger partial charge on any atom is 0.308 e. The van der Waals surface area contributed by atoms with Crippen molar-refractivity contribution in [2.75, 3.05) is 18.2 Å². The van der Waals surface area contributed by atoms with Crippen LogP contribution in [0.15, 0.2) is 24.3 Å². The molecular formula is C18H24N2O4S. The van der Waals surface area contributed by atoms with E-state index in [0.717, 1.165) is 11.1 Å². The molecule has 1 saturated heterocycles. The fourth-order valence-corrected chi connectivity index (χ4v) is 3.39. The molecule has 6 nitrogen and oxygen atoms in total. The lowest BCUT2D eigenvalue weighted by atomic mass is 10.0. The Balaban J connectivity index is 2.04. The summed E-state index contributed by atoms with van der Waals surface area (Å²) in [5, 5.41) is 2.86. The summed E-state index contributed by atoms with van der Waals surface area (Å²) in [6.07, 6.45) is -0.156. The van der Waals surface area contributed by atoms with E-state index in [1.807, 2.05) is 31.2 Å². The number of amides is 2. The summed E-state index contributed by atoms with van der Waals surface area (Å²) in [6.45, 7) is 5.55. The zero-order chi connectivity index (χ0) is 18.4. The second-order valence-electron chi connectivity index (χ2n) is 6.34. The predicted molar refractivity (Wildman–Crippen MR) is 96.9 cm³/mol. The number of ether oxygens (including phenoxy) is 1. The molecule has 1 atom stereocenters. The van der Waals surface area contributed by atoms with Gasteiger partial charge in [-0.2, -0.15) is 0 Å². The lowest BCUT2D eigenvalue weighted by Crippen LogP contribution is -2.40. The predicted octanol–water partition coefficient (Wildman–Crippen LogP) is 2.03. The first kappa shape index (κ1) is 19.3. The highest BCUT2D eigenvalue weighted by Crippen LogP contribution is 2.19. The van der Waals surface area contributed by atoms with E-state index in [4.69, 9.17) is 4.74 Å². The maximum absolute atomic E-state index is 12.3. The molecule has 136 valence electrons. The van der Waals surface area contributed by atoms with Crippen molar-refractivity contribution < 1.29 is 19.1 Å². The first-order chi connectivity index (χ1) is 11.8. The summed E-state index contributed by atoms with van der Waals surface area (Å²) in [7, 11) is 0. The third kappa shape index (κ3) is 6.08. The van der Waals surface area contributed by atoms with E-state index in [2.05, 4.69) is 5.32 Å². The number of carbonyl (C=O) groups is 3. The van der Waals surface area contributed by atoms with Gasteiger partial charge < -0.3 is 15.0 Å². The third-order valence-electron chi connectivity index (χ3n) is 3.71. The molecule has 1 heterocycles. The van der Waals surface area contributed by atoms with Crippen LogP contribution in [0.2, 0.25) is 0 Å². The van der Waals surface area contributed by atoms with Crippen LogP contribution in [-0.2, 0) is 19.1 Å². The minimum Gasteiger partial charge on any atom is -0.463 e. The van der Waals surface area contributed by atoms with Gasteiger partial charge in [-0.3, -0.25) is 14.4 Å². The van der Waals surface area contributed by atoms with E-state index in [9.17, 15) is 14.4 Å². The molecule has 1 aromatic carbocycles. The second-order valence-corrected chi connectivity index (χ2v) is 7.30. The van der Waals surface area contributed by atoms with E-state index < -0.39 is 6.04 Å². The molecule has 2 rings (SSSR count). The van der Waals surface area contributed by atoms with Gasteiger partial charge >= 0.3 is 5.97 Å². The van der Waals surface area contributed by atoms with Gasteiger partial charge in [-0.15, -0.1) is 11.8 Å². The fourth-order valence-electron chi connectivity index (χ4n) is 2.48. The van der Waals surface area contributed by atoms with E-state index in [0.29, 0.717) is 11.6 Å². The quantitative estimate of drug-likeness (QED) is 0.749. The Morgan fingerprint density at radius 3 is 2.52 bits per heavy atom. The van der Waals surface area contributed by atoms with Crippen molar-refractivity contribution in [2.45, 2.75) is 39.3 Å². The highest BCUT2D eigenvalue weighted by atomic mass is 32.2. The number of nitrogens with zero attached hydrogens (tertiary/aromatic N) is 1. The van der Waals surface area contributed by atoms with Crippen LogP contribution in [0.25, 0.3) is 0 Å². The Hall–Kier alpha value is -2.02. The number of esters is 1. The molecule has 7 heteroatoms. The molecule has 2 amide bonds. The van der Waals surface area contributed by atoms with Crippen LogP contribution in [0.1, 0.15) is 37.4 Å². The van der Waals surface area contributed by atoms with Crippen molar-refractivity contribution in [3.63, 3.8) is 0 Å². The number of thioether (sulfide) groups is 1. The van der Waals surface area contributed by atoms with Crippen molar-refractivity contribution in [3.8, 4) is 0 Å². The van der Waals surface area contributed by atoms with Crippen LogP contribution >= 0.6 is 11.8 Å². The Kier molecular flexibility index (Phi) is 6.87. The zero-order valence-corrected chi connectivity index (χ0v) is 15.6. The first-order valence-electron chi connectivity index (χ1n) is 8.26. The lowest BCUT2D eigenvalue weighted by Gasteiger charge is -2.21. The summed E-state index contributed by atoms with van der Waals surface area (Å²) in [4.78, 5) is 37.5. The van der Waals surface area contributed by atoms with Gasteiger partial charge in [-0.1, -0.05) is 29.8 Å². The van der Waals surface area contributed by atoms with Crippen LogP contribution < -0.4 is 5.32 Å². The monoisotopic (exact) mass is 364 g/mol. The van der Waals surface area contributed by atoms with E-state index in [1.165, 1.54) is 16.7 Å². The van der Waals surface area contributed by atoms with Gasteiger partial charge in [0.25, 0.3) is 0 Å². The number of nitrogens with one attached hydrogen (secondary N) is 1. The summed E-state index contributed by atoms with van der Waals surface area (Å²) >= 11 is 1.49. The Morgan fingerprint density at radius 1 is 1.28 bits per heavy atom. The van der Waals surface area contributed by atoms with Crippen molar-refractivity contribution in [3.05, 3.63) is 35.4 Å². The minimum atomic E-state index is -0.482. The van der Waals surface area contributed by atoms with Crippen LogP contribution in [0.4, 0.5) is 0 Å². The SMILES string of the molecule is Cc1ccc([C@@H](CC(=O)OC(C)C)NC(=O)CN2CSCC2=O)cc1. The van der Waals surface area contributed by atoms with Crippen LogP contribution in [0.5, 0.6) is 0 Å². The average molecular weight is 364 g/mol. The summed E-state index contributed by atoms with van der Waals surface area (Å²) in [6, 6.07) is 7.16. The minimum absolute atomic E-state index is 0.00736. The molecule has 1 aromatic rings. The van der Waals surface area contributed by atoms with Crippen molar-refractivity contribution in [1.29, 1.82) is 0 Å². The molecular weight excluding hydrogens is 340 g/mol. The van der Waals surface area contributed by atoms with Crippen LogP contribution in [-0.4, -0.2) is 47.0 Å². The standard InChI is InChI=1S/C18H24N2O4S/c1-12(2)24-18(23)8-15(14-6-4-13(3)5-7-14)19-16(21)9-20-11-25-10-17(20)22/h4-7,12,15H,8-11H2,1-3H3,(H,19,21)/t15-/m1/s1. The van der Waals surface area contributed by atoms with Crippen LogP contribution in [0, 0.1) is 6.92 Å². The van der Waals surface area contributed by atoms with E-state index in [-0.39, 0.29) is 36.9 Å². The highest BCUT2D eigenvalue weighted by molar-refractivity contribution is 8.00. The Labute approximate surface area is 152 Å². The second kappa shape index (κ2) is 8.89. The number of aryl methyl sites for hydroxylation is 1. The summed E-state index contributed by atoms with van der Waals surface area (Å²) < 4.78 is 5.20. The molecule has 0 radical (unpaired) electrons. The zero-order valence-electron chi connectivity index (χ0n) is 14.8. The Morgan fingerprint density at radius 2 is 1.96 bits per heavy atom. The van der Waals surface area contributed by atoms with Gasteiger partial charge in [-0.05, 0) is 26.3 Å². The topological polar surface area (TPSA) is 75.7 Å². The van der Waals surface area contributed by atoms with Gasteiger partial charge in [0.2, 0.25) is 11.8 Å². The lowest BCUT2D eigenvalue weighted by molar-refractivity contribution is -0.148.